The van der Waals surface area contributed by atoms with Gasteiger partial charge >= 0.3 is 0 Å². The van der Waals surface area contributed by atoms with Gasteiger partial charge in [0.2, 0.25) is 0 Å². The van der Waals surface area contributed by atoms with Crippen LogP contribution in [0.4, 0.5) is 5.82 Å². The van der Waals surface area contributed by atoms with E-state index in [1.807, 2.05) is 44.2 Å². The van der Waals surface area contributed by atoms with E-state index in [1.165, 1.54) is 6.07 Å². The summed E-state index contributed by atoms with van der Waals surface area (Å²) in [5.74, 6) is 0.122. The molecule has 128 valence electrons. The lowest BCUT2D eigenvalue weighted by atomic mass is 10.2. The molecular formula is C19H20N4O2. The van der Waals surface area contributed by atoms with Gasteiger partial charge in [0.1, 0.15) is 11.4 Å². The Morgan fingerprint density at radius 1 is 1.16 bits per heavy atom. The van der Waals surface area contributed by atoms with E-state index in [0.29, 0.717) is 11.5 Å². The van der Waals surface area contributed by atoms with Gasteiger partial charge in [-0.1, -0.05) is 25.1 Å². The first-order chi connectivity index (χ1) is 12.0. The van der Waals surface area contributed by atoms with Crippen LogP contribution in [0.15, 0.2) is 47.3 Å². The summed E-state index contributed by atoms with van der Waals surface area (Å²) in [7, 11) is 0. The van der Waals surface area contributed by atoms with Gasteiger partial charge in [-0.2, -0.15) is 5.10 Å². The molecule has 25 heavy (non-hydrogen) atoms. The molecule has 0 aliphatic rings. The van der Waals surface area contributed by atoms with E-state index in [1.54, 1.807) is 17.7 Å². The van der Waals surface area contributed by atoms with Crippen molar-refractivity contribution in [3.05, 3.63) is 75.3 Å². The highest BCUT2D eigenvalue weighted by atomic mass is 16.2. The Hall–Kier alpha value is -3.15. The number of aryl methyl sites for hydroxylation is 2. The number of hydrogen-bond acceptors (Lipinski definition) is 3. The van der Waals surface area contributed by atoms with E-state index >= 15 is 0 Å². The third-order valence-corrected chi connectivity index (χ3v) is 4.09. The number of benzene rings is 1. The van der Waals surface area contributed by atoms with Crippen LogP contribution in [0.3, 0.4) is 0 Å². The van der Waals surface area contributed by atoms with Crippen LogP contribution in [-0.4, -0.2) is 20.7 Å². The summed E-state index contributed by atoms with van der Waals surface area (Å²) < 4.78 is 1.70. The first-order valence-corrected chi connectivity index (χ1v) is 8.16. The van der Waals surface area contributed by atoms with Gasteiger partial charge in [-0.25, -0.2) is 4.68 Å². The van der Waals surface area contributed by atoms with Crippen molar-refractivity contribution in [1.82, 2.24) is 14.8 Å². The van der Waals surface area contributed by atoms with Crippen LogP contribution in [0.2, 0.25) is 0 Å². The van der Waals surface area contributed by atoms with E-state index in [2.05, 4.69) is 15.4 Å². The highest BCUT2D eigenvalue weighted by molar-refractivity contribution is 6.04. The largest absolute Gasteiger partial charge is 0.326 e. The molecule has 0 spiro atoms. The molecule has 6 heteroatoms. The number of hydrogen-bond donors (Lipinski definition) is 2. The molecule has 0 atom stereocenters. The lowest BCUT2D eigenvalue weighted by Crippen LogP contribution is -2.24. The fraction of sp³-hybridized carbons (Fsp3) is 0.211. The molecule has 0 bridgehead atoms. The minimum atomic E-state index is -0.455. The molecular weight excluding hydrogens is 316 g/mol. The number of carbonyl (C=O) groups excluding carboxylic acids is 1. The normalized spacial score (nSPS) is 10.7. The number of para-hydroxylation sites is 1. The van der Waals surface area contributed by atoms with Crippen LogP contribution in [0.25, 0.3) is 5.69 Å². The molecule has 2 heterocycles. The molecule has 0 fully saturated rings. The summed E-state index contributed by atoms with van der Waals surface area (Å²) in [4.78, 5) is 27.3. The number of amides is 1. The van der Waals surface area contributed by atoms with Crippen molar-refractivity contribution < 1.29 is 4.79 Å². The molecule has 3 aromatic rings. The van der Waals surface area contributed by atoms with E-state index in [-0.39, 0.29) is 5.56 Å². The Morgan fingerprint density at radius 3 is 2.52 bits per heavy atom. The molecule has 2 N–H and O–H groups in total. The van der Waals surface area contributed by atoms with E-state index in [4.69, 9.17) is 0 Å². The van der Waals surface area contributed by atoms with Crippen LogP contribution < -0.4 is 10.9 Å². The fourth-order valence-electron chi connectivity index (χ4n) is 2.71. The molecule has 2 aromatic heterocycles. The topological polar surface area (TPSA) is 79.8 Å². The Kier molecular flexibility index (Phi) is 4.52. The van der Waals surface area contributed by atoms with Crippen molar-refractivity contribution in [3.63, 3.8) is 0 Å². The second-order valence-electron chi connectivity index (χ2n) is 5.86. The molecule has 0 unspecified atom stereocenters. The standard InChI is InChI=1S/C19H20N4O2/c1-4-16-13(3)17(23(22-16)14-8-6-5-7-9-14)21-19(25)15-11-10-12(2)20-18(15)24/h5-11H,4H2,1-3H3,(H,20,24)(H,21,25). The van der Waals surface area contributed by atoms with E-state index in [9.17, 15) is 9.59 Å². The van der Waals surface area contributed by atoms with Crippen molar-refractivity contribution in [2.75, 3.05) is 5.32 Å². The molecule has 0 radical (unpaired) electrons. The molecule has 1 amide bonds. The third-order valence-electron chi connectivity index (χ3n) is 4.09. The third kappa shape index (κ3) is 3.24. The van der Waals surface area contributed by atoms with Gasteiger partial charge in [-0.05, 0) is 44.5 Å². The highest BCUT2D eigenvalue weighted by Crippen LogP contribution is 2.24. The van der Waals surface area contributed by atoms with E-state index < -0.39 is 11.5 Å². The Morgan fingerprint density at radius 2 is 1.88 bits per heavy atom. The number of carbonyl (C=O) groups is 1. The number of nitrogens with one attached hydrogen (secondary N) is 2. The van der Waals surface area contributed by atoms with Crippen LogP contribution in [0.1, 0.15) is 34.2 Å². The van der Waals surface area contributed by atoms with Crippen molar-refractivity contribution in [1.29, 1.82) is 0 Å². The number of pyridine rings is 1. The first-order valence-electron chi connectivity index (χ1n) is 8.16. The van der Waals surface area contributed by atoms with Gasteiger partial charge in [0.05, 0.1) is 11.4 Å². The maximum Gasteiger partial charge on any atom is 0.262 e. The second kappa shape index (κ2) is 6.76. The van der Waals surface area contributed by atoms with Gasteiger partial charge in [0.15, 0.2) is 0 Å². The summed E-state index contributed by atoms with van der Waals surface area (Å²) in [6.45, 7) is 5.70. The lowest BCUT2D eigenvalue weighted by Gasteiger charge is -2.10. The maximum absolute atomic E-state index is 12.6. The number of aromatic nitrogens is 3. The number of rotatable bonds is 4. The van der Waals surface area contributed by atoms with E-state index in [0.717, 1.165) is 23.4 Å². The lowest BCUT2D eigenvalue weighted by molar-refractivity contribution is 0.102. The SMILES string of the molecule is CCc1nn(-c2ccccc2)c(NC(=O)c2ccc(C)[nH]c2=O)c1C. The molecule has 3 rings (SSSR count). The predicted molar refractivity (Wildman–Crippen MR) is 97.4 cm³/mol. The molecule has 0 aliphatic heterocycles. The zero-order valence-corrected chi connectivity index (χ0v) is 14.5. The molecule has 0 aliphatic carbocycles. The Bertz CT molecular complexity index is 971. The summed E-state index contributed by atoms with van der Waals surface area (Å²) in [5, 5.41) is 7.45. The minimum absolute atomic E-state index is 0.0730. The van der Waals surface area contributed by atoms with Crippen LogP contribution in [-0.2, 0) is 6.42 Å². The van der Waals surface area contributed by atoms with Gasteiger partial charge in [0.25, 0.3) is 11.5 Å². The van der Waals surface area contributed by atoms with Crippen LogP contribution in [0, 0.1) is 13.8 Å². The maximum atomic E-state index is 12.6. The fourth-order valence-corrected chi connectivity index (χ4v) is 2.71. The monoisotopic (exact) mass is 336 g/mol. The van der Waals surface area contributed by atoms with Crippen LogP contribution in [0.5, 0.6) is 0 Å². The smallest absolute Gasteiger partial charge is 0.262 e. The summed E-state index contributed by atoms with van der Waals surface area (Å²) in [5.41, 5.74) is 3.01. The molecule has 0 saturated carbocycles. The number of anilines is 1. The van der Waals surface area contributed by atoms with Gasteiger partial charge < -0.3 is 10.3 Å². The summed E-state index contributed by atoms with van der Waals surface area (Å²) >= 11 is 0. The zero-order valence-electron chi connectivity index (χ0n) is 14.5. The van der Waals surface area contributed by atoms with Crippen LogP contribution >= 0.6 is 0 Å². The van der Waals surface area contributed by atoms with Crippen molar-refractivity contribution >= 4 is 11.7 Å². The number of aromatic amines is 1. The summed E-state index contributed by atoms with van der Waals surface area (Å²) in [6.07, 6.45) is 0.750. The van der Waals surface area contributed by atoms with Crippen molar-refractivity contribution in [2.24, 2.45) is 0 Å². The Balaban J connectivity index is 2.03. The first kappa shape index (κ1) is 16.7. The Labute approximate surface area is 145 Å². The average Bonchev–Trinajstić information content (AvgIpc) is 2.91. The molecule has 1 aromatic carbocycles. The quantitative estimate of drug-likeness (QED) is 0.768. The number of nitrogens with zero attached hydrogens (tertiary/aromatic N) is 2. The number of H-pyrrole nitrogens is 1. The average molecular weight is 336 g/mol. The molecule has 0 saturated heterocycles. The predicted octanol–water partition coefficient (Wildman–Crippen LogP) is 2.99. The van der Waals surface area contributed by atoms with Gasteiger partial charge in [-0.3, -0.25) is 9.59 Å². The minimum Gasteiger partial charge on any atom is -0.326 e. The second-order valence-corrected chi connectivity index (χ2v) is 5.86. The zero-order chi connectivity index (χ0) is 18.0. The van der Waals surface area contributed by atoms with Crippen molar-refractivity contribution in [2.45, 2.75) is 27.2 Å². The van der Waals surface area contributed by atoms with Gasteiger partial charge in [0, 0.05) is 11.3 Å². The summed E-state index contributed by atoms with van der Waals surface area (Å²) in [6, 6.07) is 12.8. The highest BCUT2D eigenvalue weighted by Gasteiger charge is 2.19. The van der Waals surface area contributed by atoms with Gasteiger partial charge in [-0.15, -0.1) is 0 Å². The van der Waals surface area contributed by atoms with Crippen molar-refractivity contribution in [3.8, 4) is 5.69 Å². The molecule has 6 nitrogen and oxygen atoms in total.